The minimum absolute atomic E-state index is 0.200. The molecule has 0 aromatic carbocycles. The van der Waals surface area contributed by atoms with Gasteiger partial charge in [0.25, 0.3) is 0 Å². The van der Waals surface area contributed by atoms with Crippen LogP contribution in [0.3, 0.4) is 0 Å². The number of hydrogen-bond donors (Lipinski definition) is 1. The molecular weight excluding hydrogens is 248 g/mol. The largest absolute Gasteiger partial charge is 0.381 e. The molecule has 0 spiro atoms. The van der Waals surface area contributed by atoms with E-state index in [2.05, 4.69) is 44.8 Å². The van der Waals surface area contributed by atoms with Gasteiger partial charge in [0.2, 0.25) is 0 Å². The highest BCUT2D eigenvalue weighted by Gasteiger charge is 2.34. The van der Waals surface area contributed by atoms with E-state index in [-0.39, 0.29) is 5.54 Å². The topological polar surface area (TPSA) is 24.5 Å². The van der Waals surface area contributed by atoms with Gasteiger partial charge in [0.1, 0.15) is 0 Å². The lowest BCUT2D eigenvalue weighted by molar-refractivity contribution is -0.00712. The predicted molar refractivity (Wildman–Crippen MR) is 87.3 cm³/mol. The predicted octanol–water partition coefficient (Wildman–Crippen LogP) is 3.29. The van der Waals surface area contributed by atoms with Crippen LogP contribution >= 0.6 is 0 Å². The molecule has 0 radical (unpaired) electrons. The summed E-state index contributed by atoms with van der Waals surface area (Å²) in [6, 6.07) is 0. The molecule has 3 nitrogen and oxygen atoms in total. The van der Waals surface area contributed by atoms with E-state index in [4.69, 9.17) is 4.74 Å². The van der Waals surface area contributed by atoms with E-state index in [1.165, 1.54) is 45.3 Å². The first kappa shape index (κ1) is 17.9. The highest BCUT2D eigenvalue weighted by molar-refractivity contribution is 4.89. The molecule has 0 saturated carbocycles. The van der Waals surface area contributed by atoms with Crippen LogP contribution in [0.15, 0.2) is 0 Å². The molecule has 120 valence electrons. The molecule has 1 aliphatic heterocycles. The van der Waals surface area contributed by atoms with Crippen molar-refractivity contribution in [3.8, 4) is 0 Å². The van der Waals surface area contributed by atoms with Crippen molar-refractivity contribution in [2.45, 2.75) is 65.8 Å². The van der Waals surface area contributed by atoms with Gasteiger partial charge in [0.05, 0.1) is 0 Å². The molecule has 0 bridgehead atoms. The van der Waals surface area contributed by atoms with Gasteiger partial charge >= 0.3 is 0 Å². The fourth-order valence-electron chi connectivity index (χ4n) is 3.02. The zero-order valence-electron chi connectivity index (χ0n) is 14.4. The Bertz CT molecular complexity index is 248. The zero-order chi connectivity index (χ0) is 15.1. The van der Waals surface area contributed by atoms with Crippen LogP contribution in [0, 0.1) is 5.41 Å². The molecule has 1 N–H and O–H groups in total. The summed E-state index contributed by atoms with van der Waals surface area (Å²) in [4.78, 5) is 2.66. The average molecular weight is 284 g/mol. The SMILES string of the molecule is CCCN(CCC)CC1(CNC(C)(C)C)CCOCC1. The van der Waals surface area contributed by atoms with Crippen molar-refractivity contribution >= 4 is 0 Å². The highest BCUT2D eigenvalue weighted by atomic mass is 16.5. The van der Waals surface area contributed by atoms with Crippen molar-refractivity contribution < 1.29 is 4.74 Å². The lowest BCUT2D eigenvalue weighted by Crippen LogP contribution is -2.51. The standard InChI is InChI=1S/C17H36N2O/c1-6-10-19(11-7-2)15-17(8-12-20-13-9-17)14-18-16(3,4)5/h18H,6-15H2,1-5H3. The Morgan fingerprint density at radius 2 is 1.60 bits per heavy atom. The van der Waals surface area contributed by atoms with Crippen LogP contribution in [-0.4, -0.2) is 49.8 Å². The monoisotopic (exact) mass is 284 g/mol. The Labute approximate surface area is 126 Å². The third kappa shape index (κ3) is 6.55. The second-order valence-corrected chi connectivity index (χ2v) is 7.49. The van der Waals surface area contributed by atoms with Gasteiger partial charge in [-0.25, -0.2) is 0 Å². The van der Waals surface area contributed by atoms with Crippen molar-refractivity contribution in [2.24, 2.45) is 5.41 Å². The van der Waals surface area contributed by atoms with Gasteiger partial charge in [-0.1, -0.05) is 13.8 Å². The summed E-state index contributed by atoms with van der Waals surface area (Å²) in [5.74, 6) is 0. The maximum Gasteiger partial charge on any atom is 0.0472 e. The molecule has 1 fully saturated rings. The van der Waals surface area contributed by atoms with Gasteiger partial charge in [0, 0.05) is 31.8 Å². The Balaban J connectivity index is 2.65. The van der Waals surface area contributed by atoms with Gasteiger partial charge in [-0.05, 0) is 65.0 Å². The zero-order valence-corrected chi connectivity index (χ0v) is 14.4. The molecule has 20 heavy (non-hydrogen) atoms. The molecule has 1 rings (SSSR count). The van der Waals surface area contributed by atoms with Crippen LogP contribution in [0.25, 0.3) is 0 Å². The van der Waals surface area contributed by atoms with E-state index in [1.54, 1.807) is 0 Å². The van der Waals surface area contributed by atoms with E-state index >= 15 is 0 Å². The average Bonchev–Trinajstić information content (AvgIpc) is 2.38. The van der Waals surface area contributed by atoms with Crippen molar-refractivity contribution in [2.75, 3.05) is 39.4 Å². The van der Waals surface area contributed by atoms with Gasteiger partial charge in [-0.2, -0.15) is 0 Å². The number of ether oxygens (including phenoxy) is 1. The number of nitrogens with zero attached hydrogens (tertiary/aromatic N) is 1. The van der Waals surface area contributed by atoms with Crippen molar-refractivity contribution in [3.63, 3.8) is 0 Å². The second-order valence-electron chi connectivity index (χ2n) is 7.49. The van der Waals surface area contributed by atoms with Crippen molar-refractivity contribution in [3.05, 3.63) is 0 Å². The van der Waals surface area contributed by atoms with Gasteiger partial charge in [-0.15, -0.1) is 0 Å². The number of hydrogen-bond acceptors (Lipinski definition) is 3. The summed E-state index contributed by atoms with van der Waals surface area (Å²) >= 11 is 0. The molecule has 0 amide bonds. The molecule has 0 atom stereocenters. The fourth-order valence-corrected chi connectivity index (χ4v) is 3.02. The quantitative estimate of drug-likeness (QED) is 0.740. The Hall–Kier alpha value is -0.120. The Morgan fingerprint density at radius 3 is 2.05 bits per heavy atom. The van der Waals surface area contributed by atoms with Crippen LogP contribution in [0.1, 0.15) is 60.3 Å². The maximum atomic E-state index is 5.61. The Morgan fingerprint density at radius 1 is 1.05 bits per heavy atom. The van der Waals surface area contributed by atoms with Crippen LogP contribution in [0.4, 0.5) is 0 Å². The maximum absolute atomic E-state index is 5.61. The van der Waals surface area contributed by atoms with Crippen molar-refractivity contribution in [1.29, 1.82) is 0 Å². The summed E-state index contributed by atoms with van der Waals surface area (Å²) in [7, 11) is 0. The minimum Gasteiger partial charge on any atom is -0.381 e. The van der Waals surface area contributed by atoms with Crippen molar-refractivity contribution in [1.82, 2.24) is 10.2 Å². The van der Waals surface area contributed by atoms with Crippen LogP contribution in [0.2, 0.25) is 0 Å². The summed E-state index contributed by atoms with van der Waals surface area (Å²) in [6.45, 7) is 18.0. The number of rotatable bonds is 8. The van der Waals surface area contributed by atoms with E-state index in [1.807, 2.05) is 0 Å². The first-order chi connectivity index (χ1) is 9.41. The van der Waals surface area contributed by atoms with Crippen LogP contribution in [-0.2, 0) is 4.74 Å². The third-order valence-corrected chi connectivity index (χ3v) is 4.19. The lowest BCUT2D eigenvalue weighted by Gasteiger charge is -2.43. The molecule has 1 aliphatic rings. The van der Waals surface area contributed by atoms with E-state index < -0.39 is 0 Å². The van der Waals surface area contributed by atoms with Crippen LogP contribution < -0.4 is 5.32 Å². The summed E-state index contributed by atoms with van der Waals surface area (Å²) in [5, 5.41) is 3.74. The summed E-state index contributed by atoms with van der Waals surface area (Å²) in [6.07, 6.45) is 4.89. The summed E-state index contributed by atoms with van der Waals surface area (Å²) in [5.41, 5.74) is 0.599. The third-order valence-electron chi connectivity index (χ3n) is 4.19. The van der Waals surface area contributed by atoms with Gasteiger partial charge in [-0.3, -0.25) is 0 Å². The summed E-state index contributed by atoms with van der Waals surface area (Å²) < 4.78 is 5.61. The van der Waals surface area contributed by atoms with Gasteiger partial charge < -0.3 is 15.0 Å². The van der Waals surface area contributed by atoms with Crippen LogP contribution in [0.5, 0.6) is 0 Å². The first-order valence-corrected chi connectivity index (χ1v) is 8.46. The van der Waals surface area contributed by atoms with Gasteiger partial charge in [0.15, 0.2) is 0 Å². The van der Waals surface area contributed by atoms with E-state index in [0.29, 0.717) is 5.41 Å². The number of nitrogens with one attached hydrogen (secondary N) is 1. The fraction of sp³-hybridized carbons (Fsp3) is 1.00. The van der Waals surface area contributed by atoms with E-state index in [0.717, 1.165) is 19.8 Å². The Kier molecular flexibility index (Phi) is 7.49. The molecule has 0 unspecified atom stereocenters. The first-order valence-electron chi connectivity index (χ1n) is 8.46. The normalized spacial score (nSPS) is 19.5. The molecule has 0 aliphatic carbocycles. The molecule has 0 aromatic rings. The molecule has 0 aromatic heterocycles. The molecular formula is C17H36N2O. The van der Waals surface area contributed by atoms with E-state index in [9.17, 15) is 0 Å². The molecule has 1 heterocycles. The minimum atomic E-state index is 0.200. The second kappa shape index (κ2) is 8.35. The smallest absolute Gasteiger partial charge is 0.0472 e. The lowest BCUT2D eigenvalue weighted by atomic mass is 9.79. The molecule has 3 heteroatoms. The highest BCUT2D eigenvalue weighted by Crippen LogP contribution is 2.31. The molecule has 1 saturated heterocycles.